The van der Waals surface area contributed by atoms with E-state index in [0.717, 1.165) is 22.4 Å². The Kier molecular flexibility index (Phi) is 2.51. The highest BCUT2D eigenvalue weighted by molar-refractivity contribution is 5.74. The number of aromatic nitrogens is 3. The average molecular weight is 242 g/mol. The van der Waals surface area contributed by atoms with E-state index < -0.39 is 0 Å². The lowest BCUT2D eigenvalue weighted by Gasteiger charge is -2.00. The Morgan fingerprint density at radius 1 is 1.33 bits per heavy atom. The number of benzene rings is 1. The maximum atomic E-state index is 5.59. The molecule has 0 amide bonds. The van der Waals surface area contributed by atoms with E-state index in [0.29, 0.717) is 12.6 Å². The molecule has 1 aromatic carbocycles. The predicted octanol–water partition coefficient (Wildman–Crippen LogP) is 2.48. The molecule has 0 radical (unpaired) electrons. The quantitative estimate of drug-likeness (QED) is 0.766. The normalized spacial score (nSPS) is 11.0. The van der Waals surface area contributed by atoms with Gasteiger partial charge in [-0.05, 0) is 19.1 Å². The Morgan fingerprint density at radius 2 is 2.17 bits per heavy atom. The number of nitrogens with one attached hydrogen (secondary N) is 1. The van der Waals surface area contributed by atoms with Gasteiger partial charge in [0.05, 0.1) is 6.20 Å². The molecule has 0 aliphatic heterocycles. The number of aryl methyl sites for hydroxylation is 1. The summed E-state index contributed by atoms with van der Waals surface area (Å²) in [5.74, 6) is 0. The van der Waals surface area contributed by atoms with Crippen LogP contribution >= 0.6 is 0 Å². The van der Waals surface area contributed by atoms with Gasteiger partial charge in [0.2, 0.25) is 0 Å². The number of fused-ring (bicyclic) bond motifs is 1. The highest BCUT2D eigenvalue weighted by Crippen LogP contribution is 2.18. The molecule has 92 valence electrons. The van der Waals surface area contributed by atoms with Crippen molar-refractivity contribution in [2.24, 2.45) is 7.05 Å². The van der Waals surface area contributed by atoms with Gasteiger partial charge in [-0.15, -0.1) is 0 Å². The van der Waals surface area contributed by atoms with Gasteiger partial charge in [-0.2, -0.15) is 10.1 Å². The fourth-order valence-corrected chi connectivity index (χ4v) is 1.84. The first kappa shape index (κ1) is 10.8. The maximum absolute atomic E-state index is 5.59. The van der Waals surface area contributed by atoms with Crippen molar-refractivity contribution in [3.8, 4) is 0 Å². The van der Waals surface area contributed by atoms with Gasteiger partial charge < -0.3 is 9.73 Å². The molecule has 0 saturated carbocycles. The third kappa shape index (κ3) is 1.84. The third-order valence-corrected chi connectivity index (χ3v) is 3.06. The van der Waals surface area contributed by atoms with Gasteiger partial charge in [0, 0.05) is 24.8 Å². The lowest BCUT2D eigenvalue weighted by atomic mass is 10.2. The van der Waals surface area contributed by atoms with E-state index in [9.17, 15) is 0 Å². The number of para-hydroxylation sites is 2. The van der Waals surface area contributed by atoms with Crippen LogP contribution < -0.4 is 5.32 Å². The van der Waals surface area contributed by atoms with E-state index in [1.807, 2.05) is 49.1 Å². The van der Waals surface area contributed by atoms with E-state index in [4.69, 9.17) is 4.42 Å². The molecule has 0 bridgehead atoms. The monoisotopic (exact) mass is 242 g/mol. The van der Waals surface area contributed by atoms with Crippen LogP contribution in [0.15, 0.2) is 34.9 Å². The van der Waals surface area contributed by atoms with Gasteiger partial charge in [-0.3, -0.25) is 4.68 Å². The standard InChI is InChI=1S/C13H14N4O/c1-9-10(8-15-17(9)2)7-14-13-16-11-5-3-4-6-12(11)18-13/h3-6,8H,7H2,1-2H3,(H,14,16). The summed E-state index contributed by atoms with van der Waals surface area (Å²) in [6.07, 6.45) is 1.85. The summed E-state index contributed by atoms with van der Waals surface area (Å²) in [6.45, 7) is 2.70. The maximum Gasteiger partial charge on any atom is 0.295 e. The van der Waals surface area contributed by atoms with Gasteiger partial charge in [0.15, 0.2) is 5.58 Å². The third-order valence-electron chi connectivity index (χ3n) is 3.06. The predicted molar refractivity (Wildman–Crippen MR) is 69.3 cm³/mol. The number of hydrogen-bond donors (Lipinski definition) is 1. The Balaban J connectivity index is 1.79. The molecule has 2 heterocycles. The van der Waals surface area contributed by atoms with E-state index in [2.05, 4.69) is 15.4 Å². The second-order valence-corrected chi connectivity index (χ2v) is 4.22. The van der Waals surface area contributed by atoms with Crippen molar-refractivity contribution in [1.29, 1.82) is 0 Å². The molecule has 0 aliphatic rings. The van der Waals surface area contributed by atoms with Crippen LogP contribution in [0.5, 0.6) is 0 Å². The lowest BCUT2D eigenvalue weighted by molar-refractivity contribution is 0.614. The summed E-state index contributed by atoms with van der Waals surface area (Å²) in [5, 5.41) is 7.37. The minimum Gasteiger partial charge on any atom is -0.424 e. The second-order valence-electron chi connectivity index (χ2n) is 4.22. The van der Waals surface area contributed by atoms with Crippen LogP contribution in [0.3, 0.4) is 0 Å². The smallest absolute Gasteiger partial charge is 0.295 e. The van der Waals surface area contributed by atoms with Gasteiger partial charge in [0.1, 0.15) is 5.52 Å². The molecule has 5 nitrogen and oxygen atoms in total. The number of anilines is 1. The minimum atomic E-state index is 0.541. The lowest BCUT2D eigenvalue weighted by Crippen LogP contribution is -2.01. The zero-order chi connectivity index (χ0) is 12.5. The summed E-state index contributed by atoms with van der Waals surface area (Å²) in [5.41, 5.74) is 3.93. The van der Waals surface area contributed by atoms with E-state index in [1.165, 1.54) is 0 Å². The molecule has 0 saturated heterocycles. The van der Waals surface area contributed by atoms with E-state index >= 15 is 0 Å². The van der Waals surface area contributed by atoms with Crippen molar-refractivity contribution in [2.75, 3.05) is 5.32 Å². The van der Waals surface area contributed by atoms with Crippen LogP contribution in [0.25, 0.3) is 11.1 Å². The average Bonchev–Trinajstić information content (AvgIpc) is 2.92. The van der Waals surface area contributed by atoms with Crippen molar-refractivity contribution in [2.45, 2.75) is 13.5 Å². The summed E-state index contributed by atoms with van der Waals surface area (Å²) >= 11 is 0. The zero-order valence-corrected chi connectivity index (χ0v) is 10.3. The first-order chi connectivity index (χ1) is 8.74. The molecule has 1 N–H and O–H groups in total. The van der Waals surface area contributed by atoms with Crippen LogP contribution in [-0.2, 0) is 13.6 Å². The molecule has 5 heteroatoms. The first-order valence-corrected chi connectivity index (χ1v) is 5.81. The first-order valence-electron chi connectivity index (χ1n) is 5.81. The summed E-state index contributed by atoms with van der Waals surface area (Å²) < 4.78 is 7.44. The van der Waals surface area contributed by atoms with Gasteiger partial charge in [-0.25, -0.2) is 0 Å². The zero-order valence-electron chi connectivity index (χ0n) is 10.3. The molecule has 0 unspecified atom stereocenters. The highest BCUT2D eigenvalue weighted by Gasteiger charge is 2.07. The summed E-state index contributed by atoms with van der Waals surface area (Å²) in [6, 6.07) is 8.25. The second kappa shape index (κ2) is 4.18. The summed E-state index contributed by atoms with van der Waals surface area (Å²) in [7, 11) is 1.93. The van der Waals surface area contributed by atoms with Crippen LogP contribution in [0, 0.1) is 6.92 Å². The van der Waals surface area contributed by atoms with Crippen LogP contribution in [-0.4, -0.2) is 14.8 Å². The van der Waals surface area contributed by atoms with E-state index in [-0.39, 0.29) is 0 Å². The molecule has 3 rings (SSSR count). The molecule has 0 aliphatic carbocycles. The number of rotatable bonds is 3. The molecular formula is C13H14N4O. The molecular weight excluding hydrogens is 228 g/mol. The highest BCUT2D eigenvalue weighted by atomic mass is 16.4. The van der Waals surface area contributed by atoms with Crippen molar-refractivity contribution < 1.29 is 4.42 Å². The Labute approximate surface area is 104 Å². The Morgan fingerprint density at radius 3 is 2.89 bits per heavy atom. The fraction of sp³-hybridized carbons (Fsp3) is 0.231. The van der Waals surface area contributed by atoms with Gasteiger partial charge >= 0.3 is 0 Å². The Bertz CT molecular complexity index is 650. The van der Waals surface area contributed by atoms with Crippen LogP contribution in [0.1, 0.15) is 11.3 Å². The number of hydrogen-bond acceptors (Lipinski definition) is 4. The molecule has 2 aromatic heterocycles. The minimum absolute atomic E-state index is 0.541. The van der Waals surface area contributed by atoms with Crippen molar-refractivity contribution in [3.63, 3.8) is 0 Å². The van der Waals surface area contributed by atoms with Crippen LogP contribution in [0.4, 0.5) is 6.01 Å². The molecule has 3 aromatic rings. The van der Waals surface area contributed by atoms with Crippen molar-refractivity contribution in [3.05, 3.63) is 41.7 Å². The molecule has 0 atom stereocenters. The van der Waals surface area contributed by atoms with Crippen molar-refractivity contribution >= 4 is 17.1 Å². The Hall–Kier alpha value is -2.30. The number of oxazole rings is 1. The largest absolute Gasteiger partial charge is 0.424 e. The van der Waals surface area contributed by atoms with Crippen LogP contribution in [0.2, 0.25) is 0 Å². The molecule has 18 heavy (non-hydrogen) atoms. The molecule has 0 spiro atoms. The topological polar surface area (TPSA) is 55.9 Å². The van der Waals surface area contributed by atoms with Gasteiger partial charge in [-0.1, -0.05) is 12.1 Å². The van der Waals surface area contributed by atoms with Crippen molar-refractivity contribution in [1.82, 2.24) is 14.8 Å². The fourth-order valence-electron chi connectivity index (χ4n) is 1.84. The number of nitrogens with zero attached hydrogens (tertiary/aromatic N) is 3. The molecule has 0 fully saturated rings. The van der Waals surface area contributed by atoms with E-state index in [1.54, 1.807) is 0 Å². The SMILES string of the molecule is Cc1c(CNc2nc3ccccc3o2)cnn1C. The summed E-state index contributed by atoms with van der Waals surface area (Å²) in [4.78, 5) is 4.36. The van der Waals surface area contributed by atoms with Gasteiger partial charge in [0.25, 0.3) is 6.01 Å².